The molecule has 12 heteroatoms. The Morgan fingerprint density at radius 1 is 1.16 bits per heavy atom. The quantitative estimate of drug-likeness (QED) is 0.319. The van der Waals surface area contributed by atoms with Gasteiger partial charge in [-0.3, -0.25) is 4.79 Å². The predicted molar refractivity (Wildman–Crippen MR) is 156 cm³/mol. The van der Waals surface area contributed by atoms with E-state index in [1.807, 2.05) is 48.9 Å². The fourth-order valence-electron chi connectivity index (χ4n) is 6.14. The first kappa shape index (κ1) is 27.9. The van der Waals surface area contributed by atoms with Crippen molar-refractivity contribution in [3.8, 4) is 5.88 Å². The van der Waals surface area contributed by atoms with E-state index in [9.17, 15) is 18.3 Å². The van der Waals surface area contributed by atoms with Crippen molar-refractivity contribution in [2.75, 3.05) is 19.8 Å². The summed E-state index contributed by atoms with van der Waals surface area (Å²) in [6.45, 7) is 5.47. The first-order valence-corrected chi connectivity index (χ1v) is 15.9. The Bertz CT molecular complexity index is 1850. The molecule has 43 heavy (non-hydrogen) atoms. The summed E-state index contributed by atoms with van der Waals surface area (Å²) in [6, 6.07) is 12.9. The number of benzene rings is 2. The topological polar surface area (TPSA) is 137 Å². The molecule has 1 aliphatic carbocycles. The van der Waals surface area contributed by atoms with Gasteiger partial charge < -0.3 is 14.6 Å². The number of aryl methyl sites for hydroxylation is 2. The van der Waals surface area contributed by atoms with Gasteiger partial charge in [-0.05, 0) is 78.6 Å². The van der Waals surface area contributed by atoms with Gasteiger partial charge in [0.2, 0.25) is 15.9 Å². The molecule has 2 aromatic heterocycles. The van der Waals surface area contributed by atoms with Gasteiger partial charge in [0.25, 0.3) is 0 Å². The molecule has 1 N–H and O–H groups in total. The molecule has 2 aliphatic heterocycles. The molecule has 1 saturated heterocycles. The molecule has 0 bridgehead atoms. The highest BCUT2D eigenvalue weighted by Gasteiger charge is 2.49. The van der Waals surface area contributed by atoms with Crippen LogP contribution in [0.2, 0.25) is 0 Å². The van der Waals surface area contributed by atoms with Crippen LogP contribution in [0.4, 0.5) is 0 Å². The minimum atomic E-state index is -3.94. The maximum atomic E-state index is 13.9. The van der Waals surface area contributed by atoms with E-state index in [0.717, 1.165) is 45.4 Å². The van der Waals surface area contributed by atoms with E-state index in [1.165, 1.54) is 29.4 Å². The number of nitrogens with zero attached hydrogens (tertiary/aromatic N) is 5. The zero-order valence-corrected chi connectivity index (χ0v) is 24.9. The third-order valence-corrected chi connectivity index (χ3v) is 10.7. The molecule has 2 aromatic carbocycles. The van der Waals surface area contributed by atoms with E-state index < -0.39 is 27.5 Å². The minimum Gasteiger partial charge on any atom is -0.481 e. The monoisotopic (exact) mass is 603 g/mol. The normalized spacial score (nSPS) is 19.8. The summed E-state index contributed by atoms with van der Waals surface area (Å²) in [5.74, 6) is -0.658. The van der Waals surface area contributed by atoms with E-state index in [1.54, 1.807) is 6.07 Å². The van der Waals surface area contributed by atoms with Crippen LogP contribution in [0.25, 0.3) is 11.0 Å². The van der Waals surface area contributed by atoms with Crippen LogP contribution >= 0.6 is 0 Å². The second-order valence-electron chi connectivity index (χ2n) is 12.1. The molecular formula is C31H33N5O6S. The Kier molecular flexibility index (Phi) is 6.75. The highest BCUT2D eigenvalue weighted by atomic mass is 32.2. The van der Waals surface area contributed by atoms with Crippen LogP contribution in [0.3, 0.4) is 0 Å². The maximum Gasteiger partial charge on any atom is 0.304 e. The first-order valence-electron chi connectivity index (χ1n) is 14.5. The van der Waals surface area contributed by atoms with Gasteiger partial charge in [-0.15, -0.1) is 5.10 Å². The van der Waals surface area contributed by atoms with Gasteiger partial charge in [0.05, 0.1) is 31.7 Å². The van der Waals surface area contributed by atoms with Crippen LogP contribution < -0.4 is 4.74 Å². The summed E-state index contributed by atoms with van der Waals surface area (Å²) in [4.78, 5) is 16.4. The van der Waals surface area contributed by atoms with E-state index in [-0.39, 0.29) is 43.5 Å². The SMILES string of the molecule is Cc1ccc([C@H](CC(=O)O)c2ccc3c(nnn3CC3CC3)c2C)cc1CN1CC2(COC2)Oc2ncccc2S1(=O)=O. The largest absolute Gasteiger partial charge is 0.481 e. The second-order valence-corrected chi connectivity index (χ2v) is 14.0. The van der Waals surface area contributed by atoms with Gasteiger partial charge in [-0.25, -0.2) is 18.1 Å². The summed E-state index contributed by atoms with van der Waals surface area (Å²) in [5, 5.41) is 18.8. The molecule has 224 valence electrons. The number of carboxylic acid groups (broad SMARTS) is 1. The van der Waals surface area contributed by atoms with Crippen LogP contribution in [-0.4, -0.2) is 69.1 Å². The lowest BCUT2D eigenvalue weighted by Gasteiger charge is -2.41. The maximum absolute atomic E-state index is 13.9. The summed E-state index contributed by atoms with van der Waals surface area (Å²) >= 11 is 0. The van der Waals surface area contributed by atoms with Gasteiger partial charge in [0, 0.05) is 25.2 Å². The lowest BCUT2D eigenvalue weighted by atomic mass is 9.84. The molecular weight excluding hydrogens is 570 g/mol. The molecule has 1 atom stereocenters. The zero-order valence-electron chi connectivity index (χ0n) is 24.1. The number of carboxylic acids is 1. The molecule has 0 unspecified atom stereocenters. The standard InChI is InChI=1S/C31H33N5O6S/c1-19-5-8-22(25(13-28(37)38)24-9-10-26-29(20(24)2)33-34-36(26)14-21-6-7-21)12-23(19)15-35-16-31(17-41-18-31)42-30-27(43(35,39)40)4-3-11-32-30/h3-5,8-12,21,25H,6-7,13-18H2,1-2H3,(H,37,38)/t25-/m0/s1. The van der Waals surface area contributed by atoms with Crippen molar-refractivity contribution in [1.29, 1.82) is 0 Å². The Morgan fingerprint density at radius 2 is 1.98 bits per heavy atom. The number of carbonyl (C=O) groups is 1. The number of aromatic nitrogens is 4. The van der Waals surface area contributed by atoms with Gasteiger partial charge in [0.1, 0.15) is 10.4 Å². The smallest absolute Gasteiger partial charge is 0.304 e. The summed E-state index contributed by atoms with van der Waals surface area (Å²) in [7, 11) is -3.94. The van der Waals surface area contributed by atoms with Gasteiger partial charge >= 0.3 is 5.97 Å². The number of rotatable bonds is 8. The fourth-order valence-corrected chi connectivity index (χ4v) is 7.70. The number of hydrogen-bond acceptors (Lipinski definition) is 8. The molecule has 3 aliphatic rings. The number of aliphatic carboxylic acids is 1. The third-order valence-electron chi connectivity index (χ3n) is 8.85. The molecule has 11 nitrogen and oxygen atoms in total. The van der Waals surface area contributed by atoms with Crippen molar-refractivity contribution in [3.05, 3.63) is 76.5 Å². The Hall–Kier alpha value is -3.87. The van der Waals surface area contributed by atoms with E-state index in [4.69, 9.17) is 9.47 Å². The van der Waals surface area contributed by atoms with Crippen LogP contribution in [0.5, 0.6) is 5.88 Å². The second kappa shape index (κ2) is 10.4. The lowest BCUT2D eigenvalue weighted by molar-refractivity contribution is -0.166. The Morgan fingerprint density at radius 3 is 2.70 bits per heavy atom. The van der Waals surface area contributed by atoms with Crippen molar-refractivity contribution in [2.45, 2.75) is 62.6 Å². The van der Waals surface area contributed by atoms with Crippen molar-refractivity contribution in [3.63, 3.8) is 0 Å². The summed E-state index contributed by atoms with van der Waals surface area (Å²) in [6.07, 6.45) is 3.80. The molecule has 2 fully saturated rings. The molecule has 1 saturated carbocycles. The molecule has 0 amide bonds. The van der Waals surface area contributed by atoms with Gasteiger partial charge in [-0.2, -0.15) is 4.31 Å². The molecule has 7 rings (SSSR count). The highest BCUT2D eigenvalue weighted by molar-refractivity contribution is 7.89. The van der Waals surface area contributed by atoms with Crippen molar-refractivity contribution in [2.24, 2.45) is 5.92 Å². The third kappa shape index (κ3) is 5.07. The molecule has 1 spiro atoms. The van der Waals surface area contributed by atoms with Crippen molar-refractivity contribution in [1.82, 2.24) is 24.3 Å². The lowest BCUT2D eigenvalue weighted by Crippen LogP contribution is -2.60. The highest BCUT2D eigenvalue weighted by Crippen LogP contribution is 2.39. The number of ether oxygens (including phenoxy) is 2. The van der Waals surface area contributed by atoms with Crippen LogP contribution in [-0.2, 0) is 32.6 Å². The Balaban J connectivity index is 1.26. The van der Waals surface area contributed by atoms with E-state index in [0.29, 0.717) is 5.92 Å². The average Bonchev–Trinajstić information content (AvgIpc) is 3.70. The van der Waals surface area contributed by atoms with Crippen LogP contribution in [0.15, 0.2) is 53.6 Å². The number of pyridine rings is 1. The van der Waals surface area contributed by atoms with Gasteiger partial charge in [0.15, 0.2) is 5.60 Å². The molecule has 0 radical (unpaired) electrons. The molecule has 4 aromatic rings. The summed E-state index contributed by atoms with van der Waals surface area (Å²) in [5.41, 5.74) is 5.16. The zero-order chi connectivity index (χ0) is 29.9. The van der Waals surface area contributed by atoms with Gasteiger partial charge in [-0.1, -0.05) is 29.5 Å². The fraction of sp³-hybridized carbons (Fsp3) is 0.419. The Labute approximate surface area is 249 Å². The predicted octanol–water partition coefficient (Wildman–Crippen LogP) is 3.81. The molecule has 4 heterocycles. The van der Waals surface area contributed by atoms with E-state index >= 15 is 0 Å². The van der Waals surface area contributed by atoms with Crippen LogP contribution in [0.1, 0.15) is 53.0 Å². The van der Waals surface area contributed by atoms with E-state index in [2.05, 4.69) is 15.3 Å². The van der Waals surface area contributed by atoms with Crippen molar-refractivity contribution >= 4 is 27.0 Å². The number of hydrogen-bond donors (Lipinski definition) is 1. The van der Waals surface area contributed by atoms with Crippen LogP contribution in [0, 0.1) is 19.8 Å². The number of fused-ring (bicyclic) bond motifs is 2. The average molecular weight is 604 g/mol. The minimum absolute atomic E-state index is 0.0231. The summed E-state index contributed by atoms with van der Waals surface area (Å²) < 4.78 is 42.7. The van der Waals surface area contributed by atoms with Crippen molar-refractivity contribution < 1.29 is 27.8 Å². The number of sulfonamides is 1. The first-order chi connectivity index (χ1) is 20.6.